The Balaban J connectivity index is 1.94. The normalized spacial score (nSPS) is 12.0. The summed E-state index contributed by atoms with van der Waals surface area (Å²) in [6.45, 7) is 6.22. The van der Waals surface area contributed by atoms with Crippen LogP contribution in [0.15, 0.2) is 53.7 Å². The van der Waals surface area contributed by atoms with Gasteiger partial charge in [0.15, 0.2) is 0 Å². The van der Waals surface area contributed by atoms with Gasteiger partial charge in [0.2, 0.25) is 5.16 Å². The number of thioether (sulfide) groups is 1. The van der Waals surface area contributed by atoms with Gasteiger partial charge >= 0.3 is 5.97 Å². The van der Waals surface area contributed by atoms with Gasteiger partial charge in [0.1, 0.15) is 5.25 Å². The summed E-state index contributed by atoms with van der Waals surface area (Å²) in [5, 5.41) is 12.0. The van der Waals surface area contributed by atoms with Crippen LogP contribution in [0.2, 0.25) is 0 Å². The minimum absolute atomic E-state index is 0.307. The Hall–Kier alpha value is -2.67. The van der Waals surface area contributed by atoms with E-state index in [0.717, 1.165) is 16.8 Å². The van der Waals surface area contributed by atoms with E-state index >= 15 is 0 Å². The van der Waals surface area contributed by atoms with Gasteiger partial charge < -0.3 is 4.74 Å². The fourth-order valence-corrected chi connectivity index (χ4v) is 3.47. The van der Waals surface area contributed by atoms with Crippen LogP contribution in [0.3, 0.4) is 0 Å². The zero-order chi connectivity index (χ0) is 18.5. The van der Waals surface area contributed by atoms with E-state index in [0.29, 0.717) is 11.8 Å². The Morgan fingerprint density at radius 3 is 2.62 bits per heavy atom. The van der Waals surface area contributed by atoms with Crippen LogP contribution in [0.1, 0.15) is 28.9 Å². The first-order valence-electron chi connectivity index (χ1n) is 8.34. The molecule has 134 valence electrons. The smallest absolute Gasteiger partial charge is 0.324 e. The second-order valence-electron chi connectivity index (χ2n) is 5.80. The molecule has 0 unspecified atom stereocenters. The van der Waals surface area contributed by atoms with Crippen LogP contribution >= 0.6 is 11.8 Å². The average molecular weight is 368 g/mol. The van der Waals surface area contributed by atoms with E-state index in [2.05, 4.69) is 22.4 Å². The number of hydrogen-bond donors (Lipinski definition) is 0. The van der Waals surface area contributed by atoms with Gasteiger partial charge in [0.05, 0.1) is 12.3 Å². The molecular formula is C19H20N4O2S. The maximum absolute atomic E-state index is 12.5. The van der Waals surface area contributed by atoms with Gasteiger partial charge in [-0.1, -0.05) is 48.2 Å². The number of rotatable bonds is 6. The van der Waals surface area contributed by atoms with Crippen molar-refractivity contribution in [2.24, 2.45) is 0 Å². The lowest BCUT2D eigenvalue weighted by Crippen LogP contribution is -2.14. The molecule has 0 bridgehead atoms. The quantitative estimate of drug-likeness (QED) is 0.488. The molecule has 0 aliphatic rings. The van der Waals surface area contributed by atoms with Crippen molar-refractivity contribution in [2.75, 3.05) is 6.61 Å². The maximum atomic E-state index is 12.5. The Bertz CT molecular complexity index is 896. The van der Waals surface area contributed by atoms with Crippen LogP contribution in [0, 0.1) is 13.8 Å². The van der Waals surface area contributed by atoms with Crippen molar-refractivity contribution in [1.29, 1.82) is 0 Å². The topological polar surface area (TPSA) is 69.9 Å². The number of esters is 1. The second-order valence-corrected chi connectivity index (χ2v) is 6.87. The van der Waals surface area contributed by atoms with E-state index in [1.165, 1.54) is 17.3 Å². The summed E-state index contributed by atoms with van der Waals surface area (Å²) in [5.74, 6) is -0.307. The first-order chi connectivity index (χ1) is 12.6. The molecule has 7 heteroatoms. The Morgan fingerprint density at radius 2 is 1.92 bits per heavy atom. The van der Waals surface area contributed by atoms with Crippen molar-refractivity contribution < 1.29 is 9.53 Å². The standard InChI is InChI=1S/C19H20N4O2S/c1-4-25-18(24)17(15-8-6-5-7-9-15)26-19-20-21-22-23(19)16-11-10-13(2)14(3)12-16/h5-12,17H,4H2,1-3H3/t17-/m0/s1. The molecule has 0 radical (unpaired) electrons. The number of carbonyl (C=O) groups excluding carboxylic acids is 1. The first kappa shape index (κ1) is 18.1. The third kappa shape index (κ3) is 3.94. The molecule has 1 heterocycles. The van der Waals surface area contributed by atoms with Gasteiger partial charge in [-0.05, 0) is 60.0 Å². The van der Waals surface area contributed by atoms with Crippen molar-refractivity contribution in [3.05, 3.63) is 65.2 Å². The monoisotopic (exact) mass is 368 g/mol. The van der Waals surface area contributed by atoms with Crippen molar-refractivity contribution in [3.8, 4) is 5.69 Å². The average Bonchev–Trinajstić information content (AvgIpc) is 3.11. The lowest BCUT2D eigenvalue weighted by molar-refractivity contribution is -0.142. The van der Waals surface area contributed by atoms with Gasteiger partial charge in [0.25, 0.3) is 0 Å². The Kier molecular flexibility index (Phi) is 5.68. The lowest BCUT2D eigenvalue weighted by Gasteiger charge is -2.15. The predicted octanol–water partition coefficient (Wildman–Crippen LogP) is 3.68. The van der Waals surface area contributed by atoms with E-state index in [1.54, 1.807) is 11.6 Å². The van der Waals surface area contributed by atoms with Crippen molar-refractivity contribution in [3.63, 3.8) is 0 Å². The molecule has 2 aromatic carbocycles. The third-order valence-corrected chi connectivity index (χ3v) is 5.17. The molecule has 6 nitrogen and oxygen atoms in total. The zero-order valence-corrected chi connectivity index (χ0v) is 15.7. The molecular weight excluding hydrogens is 348 g/mol. The van der Waals surface area contributed by atoms with E-state index in [1.807, 2.05) is 55.5 Å². The van der Waals surface area contributed by atoms with Crippen LogP contribution in [0.25, 0.3) is 5.69 Å². The Labute approximate surface area is 156 Å². The van der Waals surface area contributed by atoms with Crippen molar-refractivity contribution in [1.82, 2.24) is 20.2 Å². The summed E-state index contributed by atoms with van der Waals surface area (Å²) in [6, 6.07) is 15.5. The summed E-state index contributed by atoms with van der Waals surface area (Å²) in [5.41, 5.74) is 4.06. The summed E-state index contributed by atoms with van der Waals surface area (Å²) in [4.78, 5) is 12.5. The number of tetrazole rings is 1. The highest BCUT2D eigenvalue weighted by Crippen LogP contribution is 2.35. The fraction of sp³-hybridized carbons (Fsp3) is 0.263. The number of benzene rings is 2. The number of carbonyl (C=O) groups is 1. The zero-order valence-electron chi connectivity index (χ0n) is 14.9. The van der Waals surface area contributed by atoms with Crippen molar-refractivity contribution >= 4 is 17.7 Å². The summed E-state index contributed by atoms with van der Waals surface area (Å²) in [7, 11) is 0. The summed E-state index contributed by atoms with van der Waals surface area (Å²) in [6.07, 6.45) is 0. The molecule has 1 atom stereocenters. The molecule has 0 fully saturated rings. The number of ether oxygens (including phenoxy) is 1. The number of nitrogens with zero attached hydrogens (tertiary/aromatic N) is 4. The molecule has 0 N–H and O–H groups in total. The number of aromatic nitrogens is 4. The molecule has 0 amide bonds. The van der Waals surface area contributed by atoms with Crippen LogP contribution in [0.5, 0.6) is 0 Å². The van der Waals surface area contributed by atoms with Gasteiger partial charge in [-0.25, -0.2) is 0 Å². The van der Waals surface area contributed by atoms with Gasteiger partial charge in [-0.3, -0.25) is 4.79 Å². The van der Waals surface area contributed by atoms with E-state index in [4.69, 9.17) is 4.74 Å². The molecule has 0 saturated carbocycles. The molecule has 3 rings (SSSR count). The largest absolute Gasteiger partial charge is 0.465 e. The van der Waals surface area contributed by atoms with Crippen molar-refractivity contribution in [2.45, 2.75) is 31.2 Å². The van der Waals surface area contributed by atoms with Gasteiger partial charge in [0, 0.05) is 0 Å². The van der Waals surface area contributed by atoms with E-state index in [-0.39, 0.29) is 5.97 Å². The minimum Gasteiger partial charge on any atom is -0.465 e. The highest BCUT2D eigenvalue weighted by molar-refractivity contribution is 8.00. The van der Waals surface area contributed by atoms with Crippen LogP contribution in [0.4, 0.5) is 0 Å². The molecule has 0 aliphatic heterocycles. The van der Waals surface area contributed by atoms with Crippen LogP contribution in [-0.2, 0) is 9.53 Å². The summed E-state index contributed by atoms with van der Waals surface area (Å²) < 4.78 is 6.90. The van der Waals surface area contributed by atoms with Gasteiger partial charge in [-0.15, -0.1) is 5.10 Å². The number of hydrogen-bond acceptors (Lipinski definition) is 6. The molecule has 0 aliphatic carbocycles. The molecule has 0 spiro atoms. The second kappa shape index (κ2) is 8.14. The minimum atomic E-state index is -0.535. The van der Waals surface area contributed by atoms with Crippen LogP contribution in [-0.4, -0.2) is 32.8 Å². The molecule has 26 heavy (non-hydrogen) atoms. The highest BCUT2D eigenvalue weighted by Gasteiger charge is 2.26. The van der Waals surface area contributed by atoms with E-state index in [9.17, 15) is 4.79 Å². The van der Waals surface area contributed by atoms with Crippen LogP contribution < -0.4 is 0 Å². The third-order valence-electron chi connectivity index (χ3n) is 4.00. The SMILES string of the molecule is CCOC(=O)[C@@H](Sc1nnnn1-c1ccc(C)c(C)c1)c1ccccc1. The number of aryl methyl sites for hydroxylation is 2. The molecule has 1 aromatic heterocycles. The summed E-state index contributed by atoms with van der Waals surface area (Å²) >= 11 is 1.28. The molecule has 0 saturated heterocycles. The highest BCUT2D eigenvalue weighted by atomic mass is 32.2. The molecule has 3 aromatic rings. The van der Waals surface area contributed by atoms with E-state index < -0.39 is 5.25 Å². The Morgan fingerprint density at radius 1 is 1.15 bits per heavy atom. The lowest BCUT2D eigenvalue weighted by atomic mass is 10.1. The predicted molar refractivity (Wildman–Crippen MR) is 100 cm³/mol. The first-order valence-corrected chi connectivity index (χ1v) is 9.22. The maximum Gasteiger partial charge on any atom is 0.324 e. The van der Waals surface area contributed by atoms with Gasteiger partial charge in [-0.2, -0.15) is 4.68 Å². The fourth-order valence-electron chi connectivity index (χ4n) is 2.48.